The Kier molecular flexibility index (Phi) is 3.31. The van der Waals surface area contributed by atoms with E-state index >= 15 is 0 Å². The molecule has 5 aromatic rings. The van der Waals surface area contributed by atoms with Gasteiger partial charge in [0.1, 0.15) is 22.7 Å². The van der Waals surface area contributed by atoms with Crippen LogP contribution < -0.4 is 0 Å². The molecule has 26 heavy (non-hydrogen) atoms. The van der Waals surface area contributed by atoms with Gasteiger partial charge in [-0.15, -0.1) is 0 Å². The van der Waals surface area contributed by atoms with E-state index in [1.54, 1.807) is 0 Å². The molecule has 7 heteroatoms. The molecule has 5 rings (SSSR count). The minimum absolute atomic E-state index is 0.727. The summed E-state index contributed by atoms with van der Waals surface area (Å²) in [6, 6.07) is 12.0. The van der Waals surface area contributed by atoms with Crippen LogP contribution in [0.4, 0.5) is 0 Å². The van der Waals surface area contributed by atoms with Crippen LogP contribution >= 0.6 is 0 Å². The van der Waals surface area contributed by atoms with E-state index in [2.05, 4.69) is 43.9 Å². The summed E-state index contributed by atoms with van der Waals surface area (Å²) in [6.07, 6.45) is 4.59. The van der Waals surface area contributed by atoms with Crippen molar-refractivity contribution in [1.82, 2.24) is 29.8 Å². The molecule has 0 unspecified atom stereocenters. The number of H-pyrrole nitrogens is 1. The molecule has 3 heterocycles. The average Bonchev–Trinajstić information content (AvgIpc) is 3.38. The zero-order valence-corrected chi connectivity index (χ0v) is 14.2. The van der Waals surface area contributed by atoms with Crippen LogP contribution in [0.2, 0.25) is 0 Å². The summed E-state index contributed by atoms with van der Waals surface area (Å²) < 4.78 is 6.89. The number of rotatable bonds is 4. The van der Waals surface area contributed by atoms with Crippen molar-refractivity contribution in [3.63, 3.8) is 0 Å². The predicted molar refractivity (Wildman–Crippen MR) is 97.6 cm³/mol. The lowest BCUT2D eigenvalue weighted by Crippen LogP contribution is -2.03. The lowest BCUT2D eigenvalue weighted by molar-refractivity contribution is 0.315. The summed E-state index contributed by atoms with van der Waals surface area (Å²) in [5.74, 6) is 1.87. The first-order valence-electron chi connectivity index (χ1n) is 8.46. The lowest BCUT2D eigenvalue weighted by Gasteiger charge is -2.06. The minimum Gasteiger partial charge on any atom is -0.342 e. The molecular formula is C19H16N6O. The largest absolute Gasteiger partial charge is 0.342 e. The Morgan fingerprint density at radius 1 is 1.12 bits per heavy atom. The Bertz CT molecular complexity index is 1220. The number of aromatic nitrogens is 6. The van der Waals surface area contributed by atoms with E-state index in [9.17, 15) is 0 Å². The number of para-hydroxylation sites is 1. The van der Waals surface area contributed by atoms with E-state index in [1.165, 1.54) is 5.56 Å². The third-order valence-electron chi connectivity index (χ3n) is 4.58. The van der Waals surface area contributed by atoms with Gasteiger partial charge in [-0.1, -0.05) is 12.1 Å². The zero-order valence-electron chi connectivity index (χ0n) is 14.2. The van der Waals surface area contributed by atoms with Crippen molar-refractivity contribution in [1.29, 1.82) is 0 Å². The fraction of sp³-hybridized carbons (Fsp3) is 0.158. The second-order valence-corrected chi connectivity index (χ2v) is 6.32. The SMILES string of the molecule is Cc1cccc2[nH]c(CCn3ccnc3-c3ccc4nonc4c3)nc12. The Hall–Kier alpha value is -3.48. The first-order chi connectivity index (χ1) is 12.8. The van der Waals surface area contributed by atoms with Crippen LogP contribution in [0.1, 0.15) is 11.4 Å². The first-order valence-corrected chi connectivity index (χ1v) is 8.46. The van der Waals surface area contributed by atoms with Gasteiger partial charge >= 0.3 is 0 Å². The molecule has 128 valence electrons. The predicted octanol–water partition coefficient (Wildman–Crippen LogP) is 3.51. The number of fused-ring (bicyclic) bond motifs is 2. The summed E-state index contributed by atoms with van der Waals surface area (Å²) in [4.78, 5) is 12.6. The molecule has 0 radical (unpaired) electrons. The number of hydrogen-bond donors (Lipinski definition) is 1. The Morgan fingerprint density at radius 3 is 2.96 bits per heavy atom. The van der Waals surface area contributed by atoms with E-state index < -0.39 is 0 Å². The summed E-state index contributed by atoms with van der Waals surface area (Å²) in [5.41, 5.74) is 5.75. The maximum absolute atomic E-state index is 4.77. The van der Waals surface area contributed by atoms with Crippen LogP contribution in [0.3, 0.4) is 0 Å². The molecule has 3 aromatic heterocycles. The van der Waals surface area contributed by atoms with E-state index in [4.69, 9.17) is 9.61 Å². The number of aryl methyl sites for hydroxylation is 3. The summed E-state index contributed by atoms with van der Waals surface area (Å²) in [5, 5.41) is 7.75. The van der Waals surface area contributed by atoms with Crippen LogP contribution in [0.15, 0.2) is 53.4 Å². The topological polar surface area (TPSA) is 85.4 Å². The van der Waals surface area contributed by atoms with E-state index in [0.29, 0.717) is 0 Å². The van der Waals surface area contributed by atoms with Crippen molar-refractivity contribution >= 4 is 22.1 Å². The van der Waals surface area contributed by atoms with Crippen LogP contribution in [0.25, 0.3) is 33.5 Å². The normalized spacial score (nSPS) is 11.6. The molecular weight excluding hydrogens is 328 g/mol. The van der Waals surface area contributed by atoms with Crippen LogP contribution in [-0.2, 0) is 13.0 Å². The van der Waals surface area contributed by atoms with Crippen LogP contribution in [-0.4, -0.2) is 29.8 Å². The Balaban J connectivity index is 1.42. The second kappa shape index (κ2) is 5.80. The molecule has 0 aliphatic carbocycles. The van der Waals surface area contributed by atoms with Crippen molar-refractivity contribution in [2.75, 3.05) is 0 Å². The fourth-order valence-corrected chi connectivity index (χ4v) is 3.24. The van der Waals surface area contributed by atoms with E-state index in [0.717, 1.165) is 52.2 Å². The highest BCUT2D eigenvalue weighted by Crippen LogP contribution is 2.22. The molecule has 0 saturated heterocycles. The quantitative estimate of drug-likeness (QED) is 0.539. The van der Waals surface area contributed by atoms with Gasteiger partial charge in [-0.25, -0.2) is 14.6 Å². The van der Waals surface area contributed by atoms with Crippen molar-refractivity contribution in [3.8, 4) is 11.4 Å². The van der Waals surface area contributed by atoms with Crippen molar-refractivity contribution in [2.24, 2.45) is 0 Å². The highest BCUT2D eigenvalue weighted by Gasteiger charge is 2.10. The molecule has 0 spiro atoms. The minimum atomic E-state index is 0.727. The van der Waals surface area contributed by atoms with Crippen molar-refractivity contribution < 1.29 is 4.63 Å². The molecule has 0 amide bonds. The third kappa shape index (κ3) is 2.45. The highest BCUT2D eigenvalue weighted by atomic mass is 16.6. The van der Waals surface area contributed by atoms with E-state index in [-0.39, 0.29) is 0 Å². The van der Waals surface area contributed by atoms with E-state index in [1.807, 2.05) is 36.7 Å². The summed E-state index contributed by atoms with van der Waals surface area (Å²) in [7, 11) is 0. The zero-order chi connectivity index (χ0) is 17.5. The van der Waals surface area contributed by atoms with Gasteiger partial charge < -0.3 is 9.55 Å². The lowest BCUT2D eigenvalue weighted by atomic mass is 10.2. The number of hydrogen-bond acceptors (Lipinski definition) is 5. The average molecular weight is 344 g/mol. The van der Waals surface area contributed by atoms with Gasteiger partial charge in [0, 0.05) is 30.9 Å². The molecule has 0 atom stereocenters. The third-order valence-corrected chi connectivity index (χ3v) is 4.58. The molecule has 7 nitrogen and oxygen atoms in total. The van der Waals surface area contributed by atoms with Gasteiger partial charge in [0.2, 0.25) is 0 Å². The Morgan fingerprint density at radius 2 is 2.04 bits per heavy atom. The Labute approximate surface area is 148 Å². The fourth-order valence-electron chi connectivity index (χ4n) is 3.24. The molecule has 0 bridgehead atoms. The second-order valence-electron chi connectivity index (χ2n) is 6.32. The standard InChI is InChI=1S/C19H16N6O/c1-12-3-2-4-15-18(12)22-17(21-15)7-9-25-10-8-20-19(25)13-5-6-14-16(11-13)24-26-23-14/h2-6,8,10-11H,7,9H2,1H3,(H,21,22). The van der Waals surface area contributed by atoms with Crippen LogP contribution in [0, 0.1) is 6.92 Å². The number of imidazole rings is 2. The van der Waals surface area contributed by atoms with Gasteiger partial charge in [-0.3, -0.25) is 0 Å². The van der Waals surface area contributed by atoms with Gasteiger partial charge in [0.25, 0.3) is 0 Å². The van der Waals surface area contributed by atoms with Crippen LogP contribution in [0.5, 0.6) is 0 Å². The molecule has 0 saturated carbocycles. The monoisotopic (exact) mass is 344 g/mol. The van der Waals surface area contributed by atoms with Gasteiger partial charge in [0.15, 0.2) is 0 Å². The number of nitrogens with one attached hydrogen (secondary N) is 1. The summed E-state index contributed by atoms with van der Waals surface area (Å²) >= 11 is 0. The molecule has 1 N–H and O–H groups in total. The number of benzene rings is 2. The van der Waals surface area contributed by atoms with Gasteiger partial charge in [-0.05, 0) is 47.1 Å². The van der Waals surface area contributed by atoms with Gasteiger partial charge in [-0.2, -0.15) is 0 Å². The first kappa shape index (κ1) is 14.8. The molecule has 2 aromatic carbocycles. The maximum Gasteiger partial charge on any atom is 0.139 e. The smallest absolute Gasteiger partial charge is 0.139 e. The van der Waals surface area contributed by atoms with Gasteiger partial charge in [0.05, 0.1) is 11.0 Å². The molecule has 0 aliphatic heterocycles. The molecule has 0 fully saturated rings. The number of aromatic amines is 1. The maximum atomic E-state index is 4.77. The highest BCUT2D eigenvalue weighted by molar-refractivity contribution is 5.79. The summed E-state index contributed by atoms with van der Waals surface area (Å²) in [6.45, 7) is 2.86. The number of nitrogens with zero attached hydrogens (tertiary/aromatic N) is 5. The molecule has 0 aliphatic rings. The van der Waals surface area contributed by atoms with Crippen molar-refractivity contribution in [3.05, 3.63) is 60.2 Å². The van der Waals surface area contributed by atoms with Crippen molar-refractivity contribution in [2.45, 2.75) is 19.9 Å².